The van der Waals surface area contributed by atoms with E-state index in [9.17, 15) is 14.4 Å². The molecule has 8 heteroatoms. The summed E-state index contributed by atoms with van der Waals surface area (Å²) in [7, 11) is 3.08. The number of amides is 4. The van der Waals surface area contributed by atoms with Gasteiger partial charge < -0.3 is 20.1 Å². The Kier molecular flexibility index (Phi) is 6.48. The normalized spacial score (nSPS) is 23.6. The average Bonchev–Trinajstić information content (AvgIpc) is 2.95. The van der Waals surface area contributed by atoms with Gasteiger partial charge in [-0.3, -0.25) is 14.5 Å². The molecule has 3 rings (SSSR count). The fourth-order valence-corrected chi connectivity index (χ4v) is 4.62. The van der Waals surface area contributed by atoms with Crippen LogP contribution in [0, 0.1) is 11.3 Å². The molecule has 170 valence electrons. The van der Waals surface area contributed by atoms with Crippen molar-refractivity contribution in [2.75, 3.05) is 20.8 Å². The summed E-state index contributed by atoms with van der Waals surface area (Å²) >= 11 is 0. The van der Waals surface area contributed by atoms with Crippen LogP contribution < -0.4 is 20.1 Å². The maximum atomic E-state index is 13.1. The first-order valence-electron chi connectivity index (χ1n) is 10.7. The number of nitrogens with one attached hydrogen (secondary N) is 2. The molecule has 1 aliphatic carbocycles. The van der Waals surface area contributed by atoms with Crippen molar-refractivity contribution >= 4 is 17.8 Å². The molecule has 1 spiro atoms. The number of hydrogen-bond donors (Lipinski definition) is 2. The van der Waals surface area contributed by atoms with Crippen LogP contribution in [0.2, 0.25) is 0 Å². The average molecular weight is 432 g/mol. The van der Waals surface area contributed by atoms with Crippen molar-refractivity contribution in [3.63, 3.8) is 0 Å². The number of hydrogen-bond acceptors (Lipinski definition) is 5. The lowest BCUT2D eigenvalue weighted by molar-refractivity contribution is -0.136. The van der Waals surface area contributed by atoms with Crippen LogP contribution >= 0.6 is 0 Å². The summed E-state index contributed by atoms with van der Waals surface area (Å²) in [5.41, 5.74) is 0.0488. The predicted octanol–water partition coefficient (Wildman–Crippen LogP) is 2.85. The number of para-hydroxylation sites is 1. The maximum absolute atomic E-state index is 13.1. The van der Waals surface area contributed by atoms with Crippen LogP contribution in [-0.2, 0) is 16.1 Å². The molecular weight excluding hydrogens is 398 g/mol. The van der Waals surface area contributed by atoms with Crippen molar-refractivity contribution in [2.45, 2.75) is 58.5 Å². The summed E-state index contributed by atoms with van der Waals surface area (Å²) in [5.74, 6) is 0.914. The molecule has 2 N–H and O–H groups in total. The van der Waals surface area contributed by atoms with Crippen LogP contribution in [0.5, 0.6) is 11.5 Å². The molecule has 1 aliphatic heterocycles. The lowest BCUT2D eigenvalue weighted by atomic mass is 9.67. The van der Waals surface area contributed by atoms with Gasteiger partial charge in [0, 0.05) is 12.1 Å². The summed E-state index contributed by atoms with van der Waals surface area (Å²) in [6.07, 6.45) is 2.98. The zero-order valence-electron chi connectivity index (χ0n) is 19.0. The minimum Gasteiger partial charge on any atom is -0.493 e. The van der Waals surface area contributed by atoms with Crippen molar-refractivity contribution < 1.29 is 23.9 Å². The molecule has 0 radical (unpaired) electrons. The summed E-state index contributed by atoms with van der Waals surface area (Å²) in [5, 5.41) is 5.64. The third-order valence-corrected chi connectivity index (χ3v) is 6.57. The molecule has 0 bridgehead atoms. The van der Waals surface area contributed by atoms with Crippen LogP contribution in [0.3, 0.4) is 0 Å². The minimum absolute atomic E-state index is 0.175. The number of methoxy groups -OCH3 is 2. The molecule has 31 heavy (non-hydrogen) atoms. The fraction of sp³-hybridized carbons (Fsp3) is 0.609. The molecule has 1 aromatic carbocycles. The van der Waals surface area contributed by atoms with Gasteiger partial charge in [0.2, 0.25) is 5.91 Å². The van der Waals surface area contributed by atoms with Crippen molar-refractivity contribution in [1.29, 1.82) is 0 Å². The van der Waals surface area contributed by atoms with E-state index >= 15 is 0 Å². The van der Waals surface area contributed by atoms with Gasteiger partial charge in [-0.15, -0.1) is 0 Å². The van der Waals surface area contributed by atoms with Gasteiger partial charge in [-0.05, 0) is 43.1 Å². The number of ether oxygens (including phenoxy) is 2. The molecular formula is C23H33N3O5. The molecule has 4 amide bonds. The Morgan fingerprint density at radius 2 is 1.87 bits per heavy atom. The van der Waals surface area contributed by atoms with Crippen LogP contribution in [0.1, 0.15) is 52.0 Å². The fourth-order valence-electron chi connectivity index (χ4n) is 4.62. The van der Waals surface area contributed by atoms with Crippen molar-refractivity contribution in [3.05, 3.63) is 23.8 Å². The lowest BCUT2D eigenvalue weighted by Crippen LogP contribution is -2.51. The van der Waals surface area contributed by atoms with Gasteiger partial charge in [0.05, 0.1) is 14.2 Å². The number of carbonyl (C=O) groups is 3. The Hall–Kier alpha value is -2.77. The van der Waals surface area contributed by atoms with E-state index in [4.69, 9.17) is 9.47 Å². The SMILES string of the molecule is COc1cccc(CNC(=O)CN2C(=O)NC3(CCC(C(C)(C)C)CC3)C2=O)c1OC. The molecule has 1 saturated heterocycles. The number of rotatable bonds is 6. The molecule has 1 saturated carbocycles. The highest BCUT2D eigenvalue weighted by atomic mass is 16.5. The van der Waals surface area contributed by atoms with Gasteiger partial charge in [0.25, 0.3) is 5.91 Å². The van der Waals surface area contributed by atoms with Gasteiger partial charge in [-0.2, -0.15) is 0 Å². The first kappa shape index (κ1) is 22.9. The number of urea groups is 1. The van der Waals surface area contributed by atoms with Crippen LogP contribution in [0.4, 0.5) is 4.79 Å². The Labute approximate surface area is 183 Å². The van der Waals surface area contributed by atoms with E-state index in [0.29, 0.717) is 30.3 Å². The van der Waals surface area contributed by atoms with E-state index < -0.39 is 17.5 Å². The molecule has 8 nitrogen and oxygen atoms in total. The summed E-state index contributed by atoms with van der Waals surface area (Å²) in [6.45, 7) is 6.51. The molecule has 2 fully saturated rings. The molecule has 1 heterocycles. The third kappa shape index (κ3) is 4.62. The molecule has 2 aliphatic rings. The Morgan fingerprint density at radius 1 is 1.19 bits per heavy atom. The van der Waals surface area contributed by atoms with Gasteiger partial charge >= 0.3 is 6.03 Å². The van der Waals surface area contributed by atoms with E-state index in [2.05, 4.69) is 31.4 Å². The zero-order valence-corrected chi connectivity index (χ0v) is 19.0. The third-order valence-electron chi connectivity index (χ3n) is 6.57. The second-order valence-electron chi connectivity index (χ2n) is 9.47. The Morgan fingerprint density at radius 3 is 2.45 bits per heavy atom. The monoisotopic (exact) mass is 431 g/mol. The Balaban J connectivity index is 1.60. The first-order chi connectivity index (χ1) is 14.6. The van der Waals surface area contributed by atoms with Crippen LogP contribution in [-0.4, -0.2) is 49.0 Å². The Bertz CT molecular complexity index is 853. The molecule has 1 aromatic rings. The first-order valence-corrected chi connectivity index (χ1v) is 10.7. The maximum Gasteiger partial charge on any atom is 0.325 e. The second kappa shape index (κ2) is 8.77. The number of benzene rings is 1. The number of carbonyl (C=O) groups excluding carboxylic acids is 3. The highest BCUT2D eigenvalue weighted by Crippen LogP contribution is 2.43. The number of imide groups is 1. The molecule has 0 aromatic heterocycles. The summed E-state index contributed by atoms with van der Waals surface area (Å²) in [4.78, 5) is 39.1. The zero-order chi connectivity index (χ0) is 22.8. The molecule has 0 unspecified atom stereocenters. The van der Waals surface area contributed by atoms with Crippen molar-refractivity contribution in [1.82, 2.24) is 15.5 Å². The van der Waals surface area contributed by atoms with Gasteiger partial charge in [-0.25, -0.2) is 4.79 Å². The van der Waals surface area contributed by atoms with E-state index in [-0.39, 0.29) is 24.4 Å². The quantitative estimate of drug-likeness (QED) is 0.675. The summed E-state index contributed by atoms with van der Waals surface area (Å²) in [6, 6.07) is 4.90. The topological polar surface area (TPSA) is 97.0 Å². The van der Waals surface area contributed by atoms with Crippen LogP contribution in [0.25, 0.3) is 0 Å². The largest absolute Gasteiger partial charge is 0.493 e. The second-order valence-corrected chi connectivity index (χ2v) is 9.47. The highest BCUT2D eigenvalue weighted by molar-refractivity contribution is 6.09. The van der Waals surface area contributed by atoms with Crippen LogP contribution in [0.15, 0.2) is 18.2 Å². The van der Waals surface area contributed by atoms with Crippen molar-refractivity contribution in [3.8, 4) is 11.5 Å². The summed E-state index contributed by atoms with van der Waals surface area (Å²) < 4.78 is 10.6. The number of nitrogens with zero attached hydrogens (tertiary/aromatic N) is 1. The highest BCUT2D eigenvalue weighted by Gasteiger charge is 2.53. The van der Waals surface area contributed by atoms with E-state index in [0.717, 1.165) is 23.3 Å². The van der Waals surface area contributed by atoms with E-state index in [1.165, 1.54) is 7.11 Å². The predicted molar refractivity (Wildman–Crippen MR) is 116 cm³/mol. The van der Waals surface area contributed by atoms with Gasteiger partial charge in [-0.1, -0.05) is 32.9 Å². The standard InChI is InChI=1S/C23H33N3O5/c1-22(2,3)16-9-11-23(12-10-16)20(28)26(21(29)25-23)14-18(27)24-13-15-7-6-8-17(30-4)19(15)31-5/h6-8,16H,9-14H2,1-5H3,(H,24,27)(H,25,29). The van der Waals surface area contributed by atoms with E-state index in [1.807, 2.05) is 6.07 Å². The smallest absolute Gasteiger partial charge is 0.325 e. The molecule has 0 atom stereocenters. The lowest BCUT2D eigenvalue weighted by Gasteiger charge is -2.40. The van der Waals surface area contributed by atoms with E-state index in [1.54, 1.807) is 19.2 Å². The van der Waals surface area contributed by atoms with Gasteiger partial charge in [0.1, 0.15) is 12.1 Å². The van der Waals surface area contributed by atoms with Crippen molar-refractivity contribution in [2.24, 2.45) is 11.3 Å². The minimum atomic E-state index is -0.866. The van der Waals surface area contributed by atoms with Gasteiger partial charge in [0.15, 0.2) is 11.5 Å².